The Hall–Kier alpha value is -3.30. The van der Waals surface area contributed by atoms with Gasteiger partial charge in [0.15, 0.2) is 5.82 Å². The monoisotopic (exact) mass is 398 g/mol. The van der Waals surface area contributed by atoms with Crippen LogP contribution in [0.25, 0.3) is 11.4 Å². The highest BCUT2D eigenvalue weighted by Crippen LogP contribution is 2.26. The van der Waals surface area contributed by atoms with Crippen molar-refractivity contribution in [1.29, 1.82) is 0 Å². The number of hydrogen-bond acceptors (Lipinski definition) is 5. The largest absolute Gasteiger partial charge is 0.322 e. The molecule has 4 rings (SSSR count). The van der Waals surface area contributed by atoms with Crippen molar-refractivity contribution in [2.75, 3.05) is 18.4 Å². The molecule has 0 radical (unpaired) electrons. The number of halogens is 1. The average Bonchev–Trinajstić information content (AvgIpc) is 3.41. The zero-order valence-electron chi connectivity index (χ0n) is 16.6. The molecule has 1 aromatic carbocycles. The van der Waals surface area contributed by atoms with Crippen molar-refractivity contribution in [3.05, 3.63) is 42.0 Å². The Morgan fingerprint density at radius 2 is 2.17 bits per heavy atom. The molecule has 1 saturated heterocycles. The standard InChI is InChI=1S/C19H23FN8O/c1-12(2)28-18(23-24-25-28)16-5-4-14(8-17(16)20)22-19(29)26-7-6-15(11-26)27-10-13(3)9-21-27/h4-5,8-10,12,15H,6-7,11H2,1-3H3,(H,22,29). The SMILES string of the molecule is Cc1cnn(C2CCN(C(=O)Nc3ccc(-c4nnnn4C(C)C)c(F)c3)C2)c1. The molecule has 1 aliphatic heterocycles. The van der Waals surface area contributed by atoms with Crippen molar-refractivity contribution >= 4 is 11.7 Å². The molecule has 2 amide bonds. The Morgan fingerprint density at radius 3 is 2.86 bits per heavy atom. The van der Waals surface area contributed by atoms with E-state index in [0.29, 0.717) is 24.6 Å². The quantitative estimate of drug-likeness (QED) is 0.729. The van der Waals surface area contributed by atoms with Gasteiger partial charge in [-0.15, -0.1) is 5.10 Å². The Labute approximate surface area is 167 Å². The molecule has 2 aromatic heterocycles. The van der Waals surface area contributed by atoms with Crippen LogP contribution in [0.1, 0.15) is 37.9 Å². The van der Waals surface area contributed by atoms with E-state index in [-0.39, 0.29) is 23.7 Å². The van der Waals surface area contributed by atoms with Gasteiger partial charge in [-0.3, -0.25) is 4.68 Å². The molecule has 9 nitrogen and oxygen atoms in total. The van der Waals surface area contributed by atoms with Gasteiger partial charge < -0.3 is 10.2 Å². The van der Waals surface area contributed by atoms with Crippen molar-refractivity contribution < 1.29 is 9.18 Å². The first kappa shape index (κ1) is 19.0. The number of likely N-dealkylation sites (tertiary alicyclic amines) is 1. The van der Waals surface area contributed by atoms with Crippen LogP contribution in [0, 0.1) is 12.7 Å². The number of aromatic nitrogens is 6. The number of rotatable bonds is 4. The topological polar surface area (TPSA) is 93.8 Å². The number of anilines is 1. The molecule has 3 heterocycles. The van der Waals surface area contributed by atoms with E-state index in [1.165, 1.54) is 6.07 Å². The van der Waals surface area contributed by atoms with Gasteiger partial charge in [-0.2, -0.15) is 5.10 Å². The van der Waals surface area contributed by atoms with Crippen LogP contribution in [0.2, 0.25) is 0 Å². The smallest absolute Gasteiger partial charge is 0.321 e. The zero-order chi connectivity index (χ0) is 20.5. The third kappa shape index (κ3) is 3.82. The lowest BCUT2D eigenvalue weighted by Gasteiger charge is -2.18. The number of amides is 2. The number of carbonyl (C=O) groups is 1. The number of carbonyl (C=O) groups excluding carboxylic acids is 1. The summed E-state index contributed by atoms with van der Waals surface area (Å²) in [5, 5.41) is 18.5. The number of hydrogen-bond donors (Lipinski definition) is 1. The first-order chi connectivity index (χ1) is 13.9. The molecule has 1 atom stereocenters. The number of nitrogens with zero attached hydrogens (tertiary/aromatic N) is 7. The second-order valence-corrected chi connectivity index (χ2v) is 7.55. The number of nitrogens with one attached hydrogen (secondary N) is 1. The van der Waals surface area contributed by atoms with E-state index < -0.39 is 5.82 Å². The third-order valence-electron chi connectivity index (χ3n) is 5.00. The minimum Gasteiger partial charge on any atom is -0.322 e. The van der Waals surface area contributed by atoms with Crippen molar-refractivity contribution in [2.45, 2.75) is 39.3 Å². The lowest BCUT2D eigenvalue weighted by atomic mass is 10.1. The molecule has 1 fully saturated rings. The summed E-state index contributed by atoms with van der Waals surface area (Å²) in [5.41, 5.74) is 1.77. The molecule has 29 heavy (non-hydrogen) atoms. The Bertz CT molecular complexity index is 1030. The molecule has 1 aliphatic rings. The lowest BCUT2D eigenvalue weighted by molar-refractivity contribution is 0.220. The van der Waals surface area contributed by atoms with Crippen LogP contribution in [0.3, 0.4) is 0 Å². The van der Waals surface area contributed by atoms with Crippen LogP contribution in [-0.4, -0.2) is 54.0 Å². The summed E-state index contributed by atoms with van der Waals surface area (Å²) in [6.07, 6.45) is 4.62. The van der Waals surface area contributed by atoms with Crippen LogP contribution in [0.15, 0.2) is 30.6 Å². The normalized spacial score (nSPS) is 16.6. The molecule has 0 bridgehead atoms. The Kier molecular flexibility index (Phi) is 4.99. The van der Waals surface area contributed by atoms with Gasteiger partial charge in [0.1, 0.15) is 5.82 Å². The van der Waals surface area contributed by atoms with E-state index in [1.54, 1.807) is 21.7 Å². The molecule has 0 saturated carbocycles. The van der Waals surface area contributed by atoms with Crippen molar-refractivity contribution in [2.24, 2.45) is 0 Å². The summed E-state index contributed by atoms with van der Waals surface area (Å²) in [6, 6.07) is 4.42. The molecular weight excluding hydrogens is 375 g/mol. The third-order valence-corrected chi connectivity index (χ3v) is 5.00. The fraction of sp³-hybridized carbons (Fsp3) is 0.421. The Morgan fingerprint density at radius 1 is 1.34 bits per heavy atom. The fourth-order valence-corrected chi connectivity index (χ4v) is 3.47. The predicted molar refractivity (Wildman–Crippen MR) is 105 cm³/mol. The van der Waals surface area contributed by atoms with Gasteiger partial charge in [0.25, 0.3) is 0 Å². The maximum absolute atomic E-state index is 14.7. The second kappa shape index (κ2) is 7.61. The highest BCUT2D eigenvalue weighted by Gasteiger charge is 2.28. The van der Waals surface area contributed by atoms with Crippen molar-refractivity contribution in [3.8, 4) is 11.4 Å². The number of tetrazole rings is 1. The molecule has 0 aliphatic carbocycles. The first-order valence-corrected chi connectivity index (χ1v) is 9.57. The maximum Gasteiger partial charge on any atom is 0.321 e. The molecule has 152 valence electrons. The maximum atomic E-state index is 14.7. The molecular formula is C19H23FN8O. The molecule has 1 unspecified atom stereocenters. The van der Waals surface area contributed by atoms with Crippen molar-refractivity contribution in [3.63, 3.8) is 0 Å². The van der Waals surface area contributed by atoms with Crippen LogP contribution < -0.4 is 5.32 Å². The lowest BCUT2D eigenvalue weighted by Crippen LogP contribution is -2.33. The Balaban J connectivity index is 1.44. The minimum absolute atomic E-state index is 0.000431. The van der Waals surface area contributed by atoms with Gasteiger partial charge in [0.05, 0.1) is 23.8 Å². The molecule has 10 heteroatoms. The van der Waals surface area contributed by atoms with Gasteiger partial charge in [-0.25, -0.2) is 13.9 Å². The molecule has 1 N–H and O–H groups in total. The molecule has 3 aromatic rings. The zero-order valence-corrected chi connectivity index (χ0v) is 16.6. The summed E-state index contributed by atoms with van der Waals surface area (Å²) in [4.78, 5) is 14.3. The summed E-state index contributed by atoms with van der Waals surface area (Å²) >= 11 is 0. The van der Waals surface area contributed by atoms with E-state index in [1.807, 2.05) is 37.8 Å². The highest BCUT2D eigenvalue weighted by molar-refractivity contribution is 5.89. The first-order valence-electron chi connectivity index (χ1n) is 9.57. The highest BCUT2D eigenvalue weighted by atomic mass is 19.1. The van der Waals surface area contributed by atoms with E-state index in [0.717, 1.165) is 12.0 Å². The minimum atomic E-state index is -0.495. The van der Waals surface area contributed by atoms with Gasteiger partial charge in [-0.05, 0) is 61.4 Å². The van der Waals surface area contributed by atoms with Gasteiger partial charge in [0, 0.05) is 25.0 Å². The second-order valence-electron chi connectivity index (χ2n) is 7.55. The number of aryl methyl sites for hydroxylation is 1. The van der Waals surface area contributed by atoms with Crippen LogP contribution in [0.4, 0.5) is 14.9 Å². The van der Waals surface area contributed by atoms with E-state index in [4.69, 9.17) is 0 Å². The average molecular weight is 398 g/mol. The summed E-state index contributed by atoms with van der Waals surface area (Å²) < 4.78 is 18.1. The molecule has 0 spiro atoms. The van der Waals surface area contributed by atoms with Gasteiger partial charge >= 0.3 is 6.03 Å². The van der Waals surface area contributed by atoms with Crippen LogP contribution in [0.5, 0.6) is 0 Å². The van der Waals surface area contributed by atoms with E-state index in [9.17, 15) is 9.18 Å². The predicted octanol–water partition coefficient (Wildman–Crippen LogP) is 3.04. The summed E-state index contributed by atoms with van der Waals surface area (Å²) in [6.45, 7) is 7.01. The van der Waals surface area contributed by atoms with Crippen molar-refractivity contribution in [1.82, 2.24) is 34.9 Å². The van der Waals surface area contributed by atoms with E-state index >= 15 is 0 Å². The van der Waals surface area contributed by atoms with Crippen LogP contribution in [-0.2, 0) is 0 Å². The number of urea groups is 1. The fourth-order valence-electron chi connectivity index (χ4n) is 3.47. The van der Waals surface area contributed by atoms with Gasteiger partial charge in [0.2, 0.25) is 0 Å². The van der Waals surface area contributed by atoms with Crippen LogP contribution >= 0.6 is 0 Å². The van der Waals surface area contributed by atoms with E-state index in [2.05, 4.69) is 25.9 Å². The number of benzene rings is 1. The van der Waals surface area contributed by atoms with Gasteiger partial charge in [-0.1, -0.05) is 0 Å². The summed E-state index contributed by atoms with van der Waals surface area (Å²) in [7, 11) is 0. The summed E-state index contributed by atoms with van der Waals surface area (Å²) in [5.74, 6) is -0.141.